The van der Waals surface area contributed by atoms with Crippen LogP contribution in [-0.4, -0.2) is 46.6 Å². The van der Waals surface area contributed by atoms with E-state index in [0.29, 0.717) is 5.02 Å². The third-order valence-corrected chi connectivity index (χ3v) is 4.10. The summed E-state index contributed by atoms with van der Waals surface area (Å²) in [6.45, 7) is 1.17. The van der Waals surface area contributed by atoms with Crippen LogP contribution < -0.4 is 0 Å². The molecule has 0 atom stereocenters. The Morgan fingerprint density at radius 3 is 2.00 bits per heavy atom. The number of methoxy groups -OCH3 is 2. The number of sulfonamides is 1. The van der Waals surface area contributed by atoms with Gasteiger partial charge in [0.2, 0.25) is 0 Å². The Morgan fingerprint density at radius 1 is 1.09 bits per heavy atom. The Bertz CT molecular complexity index is 696. The summed E-state index contributed by atoms with van der Waals surface area (Å²) in [5, 5.41) is 0.359. The zero-order valence-corrected chi connectivity index (χ0v) is 14.1. The number of nitrogens with zero attached hydrogens (tertiary/aromatic N) is 1. The van der Waals surface area contributed by atoms with Crippen LogP contribution in [0.3, 0.4) is 0 Å². The van der Waals surface area contributed by atoms with E-state index >= 15 is 0 Å². The second-order valence-corrected chi connectivity index (χ2v) is 6.12. The number of ether oxygens (including phenoxy) is 3. The summed E-state index contributed by atoms with van der Waals surface area (Å²) in [5.41, 5.74) is 0. The summed E-state index contributed by atoms with van der Waals surface area (Å²) in [5.74, 6) is -2.52. The van der Waals surface area contributed by atoms with Crippen molar-refractivity contribution in [1.82, 2.24) is 0 Å². The molecule has 1 aromatic rings. The summed E-state index contributed by atoms with van der Waals surface area (Å²) in [6, 6.07) is 5.27. The van der Waals surface area contributed by atoms with E-state index in [2.05, 4.69) is 13.9 Å². The fourth-order valence-corrected chi connectivity index (χ4v) is 2.52. The lowest BCUT2D eigenvalue weighted by Gasteiger charge is -2.14. The van der Waals surface area contributed by atoms with E-state index in [1.165, 1.54) is 31.2 Å². The molecule has 0 unspecified atom stereocenters. The Kier molecular flexibility index (Phi) is 6.52. The zero-order valence-electron chi connectivity index (χ0n) is 12.5. The minimum Gasteiger partial charge on any atom is -0.466 e. The van der Waals surface area contributed by atoms with Gasteiger partial charge in [0.15, 0.2) is 5.90 Å². The average Bonchev–Trinajstić information content (AvgIpc) is 2.51. The molecule has 1 aromatic carbocycles. The predicted molar refractivity (Wildman–Crippen MR) is 80.7 cm³/mol. The molecule has 0 saturated carbocycles. The standard InChI is InChI=1S/C13H14ClNO7S/c1-8(22-11(12(16)20-2)13(17)21-3)15-23(18,19)10-6-4-9(14)5-7-10/h4-7,11H,1-3H3/b15-8+. The van der Waals surface area contributed by atoms with Crippen molar-refractivity contribution in [3.05, 3.63) is 29.3 Å². The number of rotatable bonds is 5. The molecular weight excluding hydrogens is 350 g/mol. The van der Waals surface area contributed by atoms with Crippen LogP contribution >= 0.6 is 11.6 Å². The van der Waals surface area contributed by atoms with Crippen molar-refractivity contribution >= 4 is 39.5 Å². The smallest absolute Gasteiger partial charge is 0.359 e. The average molecular weight is 364 g/mol. The van der Waals surface area contributed by atoms with E-state index in [1.54, 1.807) is 0 Å². The van der Waals surface area contributed by atoms with Crippen LogP contribution in [0.2, 0.25) is 5.02 Å². The summed E-state index contributed by atoms with van der Waals surface area (Å²) < 4.78 is 41.2. The van der Waals surface area contributed by atoms with Crippen LogP contribution in [0.4, 0.5) is 0 Å². The monoisotopic (exact) mass is 363 g/mol. The summed E-state index contributed by atoms with van der Waals surface area (Å²) >= 11 is 5.68. The normalized spacial score (nSPS) is 12.0. The first-order valence-corrected chi connectivity index (χ1v) is 7.92. The Morgan fingerprint density at radius 2 is 1.57 bits per heavy atom. The molecule has 1 rings (SSSR count). The maximum Gasteiger partial charge on any atom is 0.359 e. The van der Waals surface area contributed by atoms with Gasteiger partial charge in [-0.2, -0.15) is 8.42 Å². The Labute approximate surface area is 138 Å². The summed E-state index contributed by atoms with van der Waals surface area (Å²) in [7, 11) is -2.01. The molecule has 0 aliphatic rings. The largest absolute Gasteiger partial charge is 0.466 e. The quantitative estimate of drug-likeness (QED) is 0.334. The molecule has 0 heterocycles. The first-order chi connectivity index (χ1) is 10.7. The van der Waals surface area contributed by atoms with Crippen LogP contribution in [0.25, 0.3) is 0 Å². The van der Waals surface area contributed by atoms with Gasteiger partial charge in [-0.25, -0.2) is 9.59 Å². The fraction of sp³-hybridized carbons (Fsp3) is 0.308. The predicted octanol–water partition coefficient (Wildman–Crippen LogP) is 1.18. The van der Waals surface area contributed by atoms with E-state index in [0.717, 1.165) is 14.2 Å². The molecule has 8 nitrogen and oxygen atoms in total. The maximum absolute atomic E-state index is 12.1. The minimum absolute atomic E-state index is 0.127. The highest BCUT2D eigenvalue weighted by molar-refractivity contribution is 7.90. The van der Waals surface area contributed by atoms with Crippen molar-refractivity contribution in [1.29, 1.82) is 0 Å². The van der Waals surface area contributed by atoms with Crippen molar-refractivity contribution in [2.45, 2.75) is 17.9 Å². The topological polar surface area (TPSA) is 108 Å². The molecule has 0 aromatic heterocycles. The van der Waals surface area contributed by atoms with Gasteiger partial charge in [0.1, 0.15) is 0 Å². The molecule has 23 heavy (non-hydrogen) atoms. The summed E-state index contributed by atoms with van der Waals surface area (Å²) in [6.07, 6.45) is -1.77. The molecule has 126 valence electrons. The van der Waals surface area contributed by atoms with E-state index in [-0.39, 0.29) is 4.90 Å². The van der Waals surface area contributed by atoms with Crippen LogP contribution in [0.15, 0.2) is 33.6 Å². The molecule has 0 amide bonds. The van der Waals surface area contributed by atoms with Crippen LogP contribution in [0, 0.1) is 0 Å². The number of benzene rings is 1. The van der Waals surface area contributed by atoms with Crippen LogP contribution in [0.5, 0.6) is 0 Å². The minimum atomic E-state index is -4.09. The highest BCUT2D eigenvalue weighted by Crippen LogP contribution is 2.16. The lowest BCUT2D eigenvalue weighted by molar-refractivity contribution is -0.164. The van der Waals surface area contributed by atoms with E-state index in [9.17, 15) is 18.0 Å². The summed E-state index contributed by atoms with van der Waals surface area (Å²) in [4.78, 5) is 22.8. The number of carbonyl (C=O) groups is 2. The number of hydrogen-bond acceptors (Lipinski definition) is 7. The van der Waals surface area contributed by atoms with Gasteiger partial charge in [0.05, 0.1) is 19.1 Å². The number of carbonyl (C=O) groups excluding carboxylic acids is 2. The second-order valence-electron chi connectivity index (χ2n) is 4.08. The van der Waals surface area contributed by atoms with Gasteiger partial charge < -0.3 is 14.2 Å². The zero-order chi connectivity index (χ0) is 17.6. The van der Waals surface area contributed by atoms with Crippen molar-refractivity contribution in [2.24, 2.45) is 4.40 Å². The van der Waals surface area contributed by atoms with Crippen molar-refractivity contribution in [3.8, 4) is 0 Å². The van der Waals surface area contributed by atoms with E-state index < -0.39 is 34.0 Å². The van der Waals surface area contributed by atoms with Crippen molar-refractivity contribution in [3.63, 3.8) is 0 Å². The van der Waals surface area contributed by atoms with Gasteiger partial charge in [0, 0.05) is 11.9 Å². The highest BCUT2D eigenvalue weighted by atomic mass is 35.5. The van der Waals surface area contributed by atoms with Gasteiger partial charge >= 0.3 is 11.9 Å². The molecule has 0 aliphatic heterocycles. The highest BCUT2D eigenvalue weighted by Gasteiger charge is 2.31. The number of esters is 2. The molecule has 0 fully saturated rings. The fourth-order valence-electron chi connectivity index (χ4n) is 1.43. The lowest BCUT2D eigenvalue weighted by atomic mass is 10.3. The van der Waals surface area contributed by atoms with Gasteiger partial charge in [-0.05, 0) is 24.3 Å². The van der Waals surface area contributed by atoms with Gasteiger partial charge in [0.25, 0.3) is 16.1 Å². The van der Waals surface area contributed by atoms with E-state index in [1.807, 2.05) is 0 Å². The van der Waals surface area contributed by atoms with Crippen molar-refractivity contribution < 1.29 is 32.2 Å². The van der Waals surface area contributed by atoms with Gasteiger partial charge in [-0.3, -0.25) is 0 Å². The Balaban J connectivity index is 3.03. The first kappa shape index (κ1) is 18.9. The van der Waals surface area contributed by atoms with Crippen LogP contribution in [0.1, 0.15) is 6.92 Å². The maximum atomic E-state index is 12.1. The molecule has 0 bridgehead atoms. The van der Waals surface area contributed by atoms with Gasteiger partial charge in [-0.1, -0.05) is 11.6 Å². The third kappa shape index (κ3) is 5.22. The van der Waals surface area contributed by atoms with Gasteiger partial charge in [-0.15, -0.1) is 4.40 Å². The first-order valence-electron chi connectivity index (χ1n) is 6.10. The van der Waals surface area contributed by atoms with E-state index in [4.69, 9.17) is 16.3 Å². The molecule has 0 radical (unpaired) electrons. The SMILES string of the molecule is COC(=O)C(O/C(C)=N/S(=O)(=O)c1ccc(Cl)cc1)C(=O)OC. The number of halogens is 1. The number of hydrogen-bond donors (Lipinski definition) is 0. The third-order valence-electron chi connectivity index (χ3n) is 2.48. The molecule has 0 N–H and O–H groups in total. The second kappa shape index (κ2) is 7.93. The lowest BCUT2D eigenvalue weighted by Crippen LogP contribution is -2.36. The Hall–Kier alpha value is -2.13. The molecule has 0 aliphatic carbocycles. The molecule has 10 heteroatoms. The molecule has 0 saturated heterocycles. The van der Waals surface area contributed by atoms with Crippen LogP contribution in [-0.2, 0) is 33.8 Å². The molecule has 0 spiro atoms. The van der Waals surface area contributed by atoms with Crippen molar-refractivity contribution in [2.75, 3.05) is 14.2 Å². The molecular formula is C13H14ClNO7S.